The summed E-state index contributed by atoms with van der Waals surface area (Å²) in [4.78, 5) is 38.3. The fraction of sp³-hybridized carbons (Fsp3) is 0.522. The van der Waals surface area contributed by atoms with Crippen LogP contribution < -0.4 is 4.74 Å². The lowest BCUT2D eigenvalue weighted by atomic mass is 10.1. The fourth-order valence-corrected chi connectivity index (χ4v) is 4.51. The van der Waals surface area contributed by atoms with Crippen LogP contribution >= 0.6 is 0 Å². The highest BCUT2D eigenvalue weighted by Gasteiger charge is 2.55. The first-order valence-corrected chi connectivity index (χ1v) is 10.9. The largest absolute Gasteiger partial charge is 0.497 e. The third-order valence-electron chi connectivity index (χ3n) is 6.49. The number of amides is 3. The lowest BCUT2D eigenvalue weighted by molar-refractivity contribution is -0.136. The molecular weight excluding hydrogens is 394 g/mol. The van der Waals surface area contributed by atoms with E-state index >= 15 is 0 Å². The third kappa shape index (κ3) is 3.43. The highest BCUT2D eigenvalue weighted by molar-refractivity contribution is 6.05. The number of carbonyl (C=O) groups excluding carboxylic acids is 2. The van der Waals surface area contributed by atoms with Gasteiger partial charge < -0.3 is 14.5 Å². The molecule has 8 nitrogen and oxygen atoms in total. The van der Waals surface area contributed by atoms with Gasteiger partial charge in [-0.2, -0.15) is 0 Å². The molecule has 0 spiro atoms. The van der Waals surface area contributed by atoms with Gasteiger partial charge in [0.2, 0.25) is 5.96 Å². The number of nitrogens with zero attached hydrogens (tertiary/aromatic N) is 5. The van der Waals surface area contributed by atoms with E-state index in [1.54, 1.807) is 19.1 Å². The summed E-state index contributed by atoms with van der Waals surface area (Å²) >= 11 is 0. The molecule has 0 radical (unpaired) electrons. The number of methoxy groups -OCH3 is 1. The maximum atomic E-state index is 13.4. The lowest BCUT2D eigenvalue weighted by Crippen LogP contribution is -2.64. The molecule has 4 rings (SSSR count). The maximum Gasteiger partial charge on any atom is 0.328 e. The highest BCUT2D eigenvalue weighted by atomic mass is 16.5. The van der Waals surface area contributed by atoms with Crippen molar-refractivity contribution in [1.29, 1.82) is 0 Å². The standard InChI is InChI=1S/C23H31N5O3/c1-6-7-8-13-26-21(29)19-20(25(4)23(26)30)24-22-27(15(2)16(3)28(19)22)14-17-9-11-18(31-5)12-10-17/h9-12,19-20H,6-8,13-14H2,1-5H3. The summed E-state index contributed by atoms with van der Waals surface area (Å²) in [5, 5.41) is 0. The average molecular weight is 426 g/mol. The second-order valence-corrected chi connectivity index (χ2v) is 8.35. The van der Waals surface area contributed by atoms with E-state index in [2.05, 4.69) is 18.7 Å². The smallest absolute Gasteiger partial charge is 0.328 e. The number of allylic oxidation sites excluding steroid dienone is 2. The Morgan fingerprint density at radius 1 is 1.03 bits per heavy atom. The van der Waals surface area contributed by atoms with Crippen LogP contribution in [-0.2, 0) is 11.3 Å². The van der Waals surface area contributed by atoms with Crippen molar-refractivity contribution in [3.8, 4) is 5.75 Å². The topological polar surface area (TPSA) is 68.7 Å². The van der Waals surface area contributed by atoms with Gasteiger partial charge in [-0.05, 0) is 38.0 Å². The molecule has 0 bridgehead atoms. The van der Waals surface area contributed by atoms with E-state index in [0.717, 1.165) is 47.9 Å². The zero-order valence-corrected chi connectivity index (χ0v) is 19.0. The molecule has 1 saturated heterocycles. The Bertz CT molecular complexity index is 939. The van der Waals surface area contributed by atoms with Crippen molar-refractivity contribution in [1.82, 2.24) is 19.6 Å². The minimum Gasteiger partial charge on any atom is -0.497 e. The molecular formula is C23H31N5O3. The van der Waals surface area contributed by atoms with Crippen LogP contribution in [0.2, 0.25) is 0 Å². The SMILES string of the molecule is CCCCCN1C(=O)C2C(N=C3N(Cc4ccc(OC)cc4)C(C)=C(C)N32)N(C)C1=O. The van der Waals surface area contributed by atoms with Crippen molar-refractivity contribution in [3.63, 3.8) is 0 Å². The number of urea groups is 1. The molecule has 0 saturated carbocycles. The van der Waals surface area contributed by atoms with Crippen molar-refractivity contribution in [2.24, 2.45) is 4.99 Å². The molecule has 3 aliphatic rings. The Balaban J connectivity index is 1.60. The first kappa shape index (κ1) is 21.2. The average Bonchev–Trinajstić information content (AvgIpc) is 3.27. The van der Waals surface area contributed by atoms with Crippen LogP contribution in [0.4, 0.5) is 4.79 Å². The van der Waals surface area contributed by atoms with E-state index < -0.39 is 12.2 Å². The van der Waals surface area contributed by atoms with Crippen LogP contribution in [0.15, 0.2) is 40.7 Å². The molecule has 31 heavy (non-hydrogen) atoms. The number of ether oxygens (including phenoxy) is 1. The van der Waals surface area contributed by atoms with E-state index in [4.69, 9.17) is 9.73 Å². The Labute approximate surface area is 183 Å². The number of likely N-dealkylation sites (N-methyl/N-ethyl adjacent to an activating group) is 1. The van der Waals surface area contributed by atoms with Gasteiger partial charge in [-0.25, -0.2) is 9.79 Å². The van der Waals surface area contributed by atoms with Gasteiger partial charge in [0.05, 0.1) is 13.7 Å². The van der Waals surface area contributed by atoms with Crippen molar-refractivity contribution >= 4 is 17.9 Å². The van der Waals surface area contributed by atoms with E-state index in [1.165, 1.54) is 4.90 Å². The monoisotopic (exact) mass is 425 g/mol. The van der Waals surface area contributed by atoms with Crippen molar-refractivity contribution in [2.75, 3.05) is 20.7 Å². The number of imide groups is 1. The first-order valence-electron chi connectivity index (χ1n) is 10.9. The summed E-state index contributed by atoms with van der Waals surface area (Å²) in [5.74, 6) is 1.40. The molecule has 3 amide bonds. The van der Waals surface area contributed by atoms with Gasteiger partial charge in [0.25, 0.3) is 5.91 Å². The summed E-state index contributed by atoms with van der Waals surface area (Å²) in [6.07, 6.45) is 2.36. The minimum absolute atomic E-state index is 0.151. The zero-order valence-electron chi connectivity index (χ0n) is 19.0. The second kappa shape index (κ2) is 8.24. The van der Waals surface area contributed by atoms with Crippen LogP contribution in [0.25, 0.3) is 0 Å². The number of hydrogen-bond acceptors (Lipinski definition) is 6. The van der Waals surface area contributed by atoms with Gasteiger partial charge in [0, 0.05) is 25.0 Å². The summed E-state index contributed by atoms with van der Waals surface area (Å²) < 4.78 is 5.26. The second-order valence-electron chi connectivity index (χ2n) is 8.35. The van der Waals surface area contributed by atoms with Gasteiger partial charge in [0.15, 0.2) is 12.2 Å². The number of fused-ring (bicyclic) bond motifs is 3. The zero-order chi connectivity index (χ0) is 22.3. The Hall–Kier alpha value is -3.03. The van der Waals surface area contributed by atoms with Gasteiger partial charge in [-0.1, -0.05) is 31.9 Å². The summed E-state index contributed by atoms with van der Waals surface area (Å²) in [5.41, 5.74) is 3.19. The minimum atomic E-state index is -0.504. The van der Waals surface area contributed by atoms with E-state index in [-0.39, 0.29) is 11.9 Å². The molecule has 166 valence electrons. The van der Waals surface area contributed by atoms with Gasteiger partial charge in [0.1, 0.15) is 5.75 Å². The van der Waals surface area contributed by atoms with Crippen LogP contribution in [0.5, 0.6) is 5.75 Å². The number of rotatable bonds is 7. The number of carbonyl (C=O) groups is 2. The normalized spacial score (nSPS) is 22.9. The molecule has 1 aromatic rings. The van der Waals surface area contributed by atoms with Crippen LogP contribution in [0, 0.1) is 0 Å². The van der Waals surface area contributed by atoms with E-state index in [1.807, 2.05) is 36.1 Å². The number of aliphatic imine (C=N–C) groups is 1. The van der Waals surface area contributed by atoms with Crippen LogP contribution in [0.1, 0.15) is 45.6 Å². The molecule has 8 heteroatoms. The molecule has 3 aliphatic heterocycles. The van der Waals surface area contributed by atoms with Gasteiger partial charge >= 0.3 is 6.03 Å². The molecule has 2 atom stereocenters. The van der Waals surface area contributed by atoms with Gasteiger partial charge in [-0.3, -0.25) is 14.6 Å². The Morgan fingerprint density at radius 3 is 2.39 bits per heavy atom. The first-order chi connectivity index (χ1) is 14.9. The van der Waals surface area contributed by atoms with Crippen molar-refractivity contribution < 1.29 is 14.3 Å². The molecule has 1 aromatic carbocycles. The quantitative estimate of drug-likeness (QED) is 0.628. The Morgan fingerprint density at radius 2 is 1.74 bits per heavy atom. The number of hydrogen-bond donors (Lipinski definition) is 0. The summed E-state index contributed by atoms with van der Waals surface area (Å²) in [6, 6.07) is 7.18. The van der Waals surface area contributed by atoms with Crippen LogP contribution in [0.3, 0.4) is 0 Å². The predicted molar refractivity (Wildman–Crippen MR) is 118 cm³/mol. The molecule has 1 fully saturated rings. The number of unbranched alkanes of at least 4 members (excludes halogenated alkanes) is 2. The summed E-state index contributed by atoms with van der Waals surface area (Å²) in [7, 11) is 3.39. The van der Waals surface area contributed by atoms with Crippen LogP contribution in [-0.4, -0.2) is 70.4 Å². The third-order valence-corrected chi connectivity index (χ3v) is 6.49. The Kier molecular flexibility index (Phi) is 5.64. The molecule has 0 aromatic heterocycles. The number of benzene rings is 1. The van der Waals surface area contributed by atoms with Gasteiger partial charge in [-0.15, -0.1) is 0 Å². The molecule has 0 aliphatic carbocycles. The maximum absolute atomic E-state index is 13.4. The van der Waals surface area contributed by atoms with Crippen molar-refractivity contribution in [3.05, 3.63) is 41.2 Å². The lowest BCUT2D eigenvalue weighted by Gasteiger charge is -2.40. The predicted octanol–water partition coefficient (Wildman–Crippen LogP) is 3.21. The molecule has 0 N–H and O–H groups in total. The van der Waals surface area contributed by atoms with Crippen molar-refractivity contribution in [2.45, 2.75) is 58.8 Å². The number of guanidine groups is 1. The van der Waals surface area contributed by atoms with E-state index in [9.17, 15) is 9.59 Å². The fourth-order valence-electron chi connectivity index (χ4n) is 4.51. The van der Waals surface area contributed by atoms with E-state index in [0.29, 0.717) is 13.1 Å². The highest BCUT2D eigenvalue weighted by Crippen LogP contribution is 2.38. The molecule has 3 heterocycles. The molecule has 2 unspecified atom stereocenters. The summed E-state index contributed by atoms with van der Waals surface area (Å²) in [6.45, 7) is 7.27.